The number of aryl methyl sites for hydroxylation is 3. The van der Waals surface area contributed by atoms with Gasteiger partial charge in [-0.15, -0.1) is 21.5 Å². The van der Waals surface area contributed by atoms with Gasteiger partial charge in [0.25, 0.3) is 0 Å². The van der Waals surface area contributed by atoms with E-state index in [1.165, 1.54) is 11.6 Å². The number of carbonyl (C=O) groups is 1. The second kappa shape index (κ2) is 18.2. The van der Waals surface area contributed by atoms with Gasteiger partial charge in [-0.2, -0.15) is 0 Å². The molecule has 0 aliphatic carbocycles. The number of phenolic OH excluding ortho intramolecular Hbond substituents is 2. The summed E-state index contributed by atoms with van der Waals surface area (Å²) >= 11 is 7.82. The zero-order valence-corrected chi connectivity index (χ0v) is 37.8. The van der Waals surface area contributed by atoms with Gasteiger partial charge in [0, 0.05) is 52.4 Å². The fourth-order valence-corrected chi connectivity index (χ4v) is 10.7. The Labute approximate surface area is 372 Å². The van der Waals surface area contributed by atoms with Crippen LogP contribution in [-0.4, -0.2) is 96.8 Å². The van der Waals surface area contributed by atoms with Gasteiger partial charge in [-0.3, -0.25) is 30.1 Å². The number of fused-ring (bicyclic) bond motifs is 1. The van der Waals surface area contributed by atoms with Crippen LogP contribution in [0.25, 0.3) is 17.1 Å². The van der Waals surface area contributed by atoms with E-state index < -0.39 is 6.04 Å². The zero-order valence-electron chi connectivity index (χ0n) is 36.2. The van der Waals surface area contributed by atoms with E-state index in [0.29, 0.717) is 53.6 Å². The van der Waals surface area contributed by atoms with Crippen LogP contribution < -0.4 is 4.90 Å². The number of phenols is 2. The summed E-state index contributed by atoms with van der Waals surface area (Å²) in [6.45, 7) is 14.3. The van der Waals surface area contributed by atoms with Gasteiger partial charge in [0.05, 0.1) is 17.7 Å². The lowest BCUT2D eigenvalue weighted by Gasteiger charge is -2.38. The first-order valence-corrected chi connectivity index (χ1v) is 22.9. The summed E-state index contributed by atoms with van der Waals surface area (Å²) in [5.74, 6) is 2.84. The number of carbonyl (C=O) groups excluding carboxylic acids is 1. The van der Waals surface area contributed by atoms with Crippen LogP contribution in [0, 0.1) is 43.4 Å². The maximum Gasteiger partial charge on any atom is 0.225 e. The molecule has 2 aromatic heterocycles. The third-order valence-electron chi connectivity index (χ3n) is 13.0. The number of hydrogen-bond acceptors (Lipinski definition) is 10. The number of piperidine rings is 2. The first-order valence-electron chi connectivity index (χ1n) is 21.7. The number of benzene rings is 3. The molecule has 324 valence electrons. The average molecular weight is 875 g/mol. The zero-order chi connectivity index (χ0) is 43.8. The van der Waals surface area contributed by atoms with Gasteiger partial charge in [-0.25, -0.2) is 0 Å². The molecule has 5 aromatic rings. The Kier molecular flexibility index (Phi) is 12.7. The Hall–Kier alpha value is -5.37. The predicted molar refractivity (Wildman–Crippen MR) is 249 cm³/mol. The summed E-state index contributed by atoms with van der Waals surface area (Å²) in [6, 6.07) is 18.6. The minimum Gasteiger partial charge on any atom is -0.508 e. The van der Waals surface area contributed by atoms with E-state index in [9.17, 15) is 20.4 Å². The van der Waals surface area contributed by atoms with Gasteiger partial charge in [0.15, 0.2) is 5.82 Å². The Bertz CT molecular complexity index is 2510. The minimum absolute atomic E-state index is 0.00599. The SMILES string of the molecule is CCc1cc(-c2nnc(C)n2-c2ccc(CC3CCN(CC4CCN(C(=O)C[C@@H]5N=C(c6ccc(Cl)cc6)c6c(sc(C)c6C)N(C(C)=N)C5=N)CC4)CC3)cc2)c(O)cc1O. The highest BCUT2D eigenvalue weighted by Crippen LogP contribution is 2.41. The highest BCUT2D eigenvalue weighted by molar-refractivity contribution is 7.17. The van der Waals surface area contributed by atoms with Gasteiger partial charge in [-0.1, -0.05) is 42.8 Å². The van der Waals surface area contributed by atoms with Gasteiger partial charge >= 0.3 is 0 Å². The lowest BCUT2D eigenvalue weighted by atomic mass is 9.89. The topological polar surface area (TPSA) is 158 Å². The first-order chi connectivity index (χ1) is 29.8. The summed E-state index contributed by atoms with van der Waals surface area (Å²) in [4.78, 5) is 26.4. The van der Waals surface area contributed by atoms with Crippen LogP contribution >= 0.6 is 22.9 Å². The molecular formula is C48H56ClN9O3S. The molecule has 3 aliphatic rings. The van der Waals surface area contributed by atoms with Crippen molar-refractivity contribution >= 4 is 51.2 Å². The number of aromatic nitrogens is 3. The van der Waals surface area contributed by atoms with Crippen molar-refractivity contribution in [1.29, 1.82) is 10.8 Å². The molecule has 0 radical (unpaired) electrons. The van der Waals surface area contributed by atoms with E-state index in [1.54, 1.807) is 29.2 Å². The lowest BCUT2D eigenvalue weighted by Crippen LogP contribution is -2.46. The fraction of sp³-hybridized carbons (Fsp3) is 0.417. The Morgan fingerprint density at radius 2 is 1.58 bits per heavy atom. The molecule has 8 rings (SSSR count). The van der Waals surface area contributed by atoms with Crippen LogP contribution in [0.2, 0.25) is 5.02 Å². The number of hydrogen-bond donors (Lipinski definition) is 4. The predicted octanol–water partition coefficient (Wildman–Crippen LogP) is 9.13. The Morgan fingerprint density at radius 1 is 0.903 bits per heavy atom. The number of amidine groups is 2. The molecule has 0 bridgehead atoms. The van der Waals surface area contributed by atoms with Crippen LogP contribution in [-0.2, 0) is 17.6 Å². The number of aliphatic imine (C=N–C) groups is 1. The second-order valence-corrected chi connectivity index (χ2v) is 18.8. The van der Waals surface area contributed by atoms with E-state index in [1.807, 2.05) is 47.6 Å². The normalized spacial score (nSPS) is 17.9. The second-order valence-electron chi connectivity index (χ2n) is 17.2. The van der Waals surface area contributed by atoms with E-state index >= 15 is 0 Å². The maximum atomic E-state index is 14.0. The number of rotatable bonds is 10. The number of likely N-dealkylation sites (tertiary alicyclic amines) is 2. The van der Waals surface area contributed by atoms with Gasteiger partial charge in [0.2, 0.25) is 5.91 Å². The standard InChI is InChI=1S/C48H56ClN9O3S/c1-6-35-24-39(42(60)26-41(35)59)47-54-53-31(5)58(47)38-13-7-32(8-14-38)23-33-15-19-55(20-16-33)27-34-17-21-56(22-18-34)43(61)25-40-46(51)57(30(4)50)48-44(28(2)29(3)62-48)45(52-40)36-9-11-37(49)12-10-36/h7-14,24,26,33-34,40,50-51,59-60H,6,15-23,25,27H2,1-5H3/t40-/m0/s1. The van der Waals surface area contributed by atoms with Gasteiger partial charge in [0.1, 0.15) is 40.0 Å². The maximum absolute atomic E-state index is 14.0. The summed E-state index contributed by atoms with van der Waals surface area (Å²) in [7, 11) is 0. The Balaban J connectivity index is 0.844. The van der Waals surface area contributed by atoms with Crippen LogP contribution in [0.1, 0.15) is 84.5 Å². The summed E-state index contributed by atoms with van der Waals surface area (Å²) in [6.07, 6.45) is 5.95. The molecular weight excluding hydrogens is 818 g/mol. The lowest BCUT2D eigenvalue weighted by molar-refractivity contribution is -0.132. The van der Waals surface area contributed by atoms with Crippen LogP contribution in [0.15, 0.2) is 65.7 Å². The van der Waals surface area contributed by atoms with Crippen molar-refractivity contribution in [2.24, 2.45) is 16.8 Å². The van der Waals surface area contributed by atoms with E-state index in [0.717, 1.165) is 95.3 Å². The monoisotopic (exact) mass is 873 g/mol. The summed E-state index contributed by atoms with van der Waals surface area (Å²) in [5, 5.41) is 49.0. The van der Waals surface area contributed by atoms with E-state index in [2.05, 4.69) is 53.2 Å². The fourth-order valence-electron chi connectivity index (χ4n) is 9.33. The molecule has 3 aromatic carbocycles. The summed E-state index contributed by atoms with van der Waals surface area (Å²) < 4.78 is 1.94. The number of amides is 1. The molecule has 14 heteroatoms. The van der Waals surface area contributed by atoms with Crippen molar-refractivity contribution < 1.29 is 15.0 Å². The third-order valence-corrected chi connectivity index (χ3v) is 14.5. The quantitative estimate of drug-likeness (QED) is 0.0805. The molecule has 0 saturated carbocycles. The smallest absolute Gasteiger partial charge is 0.225 e. The van der Waals surface area contributed by atoms with Crippen LogP contribution in [0.4, 0.5) is 5.00 Å². The molecule has 2 fully saturated rings. The number of nitrogens with one attached hydrogen (secondary N) is 2. The van der Waals surface area contributed by atoms with Gasteiger partial charge in [-0.05, 0) is 138 Å². The van der Waals surface area contributed by atoms with Crippen molar-refractivity contribution in [2.45, 2.75) is 85.6 Å². The first kappa shape index (κ1) is 43.3. The Morgan fingerprint density at radius 3 is 2.24 bits per heavy atom. The molecule has 3 aliphatic heterocycles. The molecule has 12 nitrogen and oxygen atoms in total. The largest absolute Gasteiger partial charge is 0.508 e. The molecule has 2 saturated heterocycles. The molecule has 0 spiro atoms. The van der Waals surface area contributed by atoms with Crippen LogP contribution in [0.5, 0.6) is 11.5 Å². The van der Waals surface area contributed by atoms with E-state index in [4.69, 9.17) is 22.0 Å². The molecule has 5 heterocycles. The molecule has 4 N–H and O–H groups in total. The van der Waals surface area contributed by atoms with Crippen molar-refractivity contribution in [3.8, 4) is 28.6 Å². The average Bonchev–Trinajstić information content (AvgIpc) is 3.74. The molecule has 1 atom stereocenters. The van der Waals surface area contributed by atoms with Crippen molar-refractivity contribution in [3.05, 3.63) is 104 Å². The van der Waals surface area contributed by atoms with Crippen LogP contribution in [0.3, 0.4) is 0 Å². The van der Waals surface area contributed by atoms with Crippen molar-refractivity contribution in [1.82, 2.24) is 24.6 Å². The highest BCUT2D eigenvalue weighted by atomic mass is 35.5. The number of anilines is 1. The van der Waals surface area contributed by atoms with Crippen molar-refractivity contribution in [2.75, 3.05) is 37.6 Å². The molecule has 62 heavy (non-hydrogen) atoms. The number of thiophene rings is 1. The molecule has 0 unspecified atom stereocenters. The minimum atomic E-state index is -0.725. The number of nitrogens with zero attached hydrogens (tertiary/aromatic N) is 7. The number of halogens is 1. The van der Waals surface area contributed by atoms with Gasteiger partial charge < -0.3 is 20.0 Å². The van der Waals surface area contributed by atoms with Crippen molar-refractivity contribution in [3.63, 3.8) is 0 Å². The van der Waals surface area contributed by atoms with E-state index in [-0.39, 0.29) is 35.5 Å². The third kappa shape index (κ3) is 8.80. The summed E-state index contributed by atoms with van der Waals surface area (Å²) in [5.41, 5.74) is 7.09. The number of aromatic hydroxyl groups is 2. The highest BCUT2D eigenvalue weighted by Gasteiger charge is 2.36. The molecule has 1 amide bonds.